The summed E-state index contributed by atoms with van der Waals surface area (Å²) in [6, 6.07) is -1.42. The molecule has 0 heterocycles. The van der Waals surface area contributed by atoms with Crippen LogP contribution in [-0.2, 0) is 19.1 Å². The number of primary amides is 1. The van der Waals surface area contributed by atoms with Crippen LogP contribution >= 0.6 is 0 Å². The van der Waals surface area contributed by atoms with Crippen molar-refractivity contribution in [2.45, 2.75) is 103 Å². The van der Waals surface area contributed by atoms with Crippen molar-refractivity contribution >= 4 is 18.0 Å². The average Bonchev–Trinajstić information content (AvgIpc) is 2.75. The highest BCUT2D eigenvalue weighted by Gasteiger charge is 2.31. The highest BCUT2D eigenvalue weighted by Crippen LogP contribution is 2.28. The number of nitrogens with two attached hydrogens (primary N) is 1. The van der Waals surface area contributed by atoms with E-state index in [0.29, 0.717) is 32.3 Å². The molecular weight excluding hydrogens is 400 g/mol. The Bertz CT molecular complexity index is 536. The summed E-state index contributed by atoms with van der Waals surface area (Å²) in [5.41, 5.74) is 5.60. The largest absolute Gasteiger partial charge is 0.466 e. The molecule has 0 aromatic heterocycles. The lowest BCUT2D eigenvalue weighted by atomic mass is 9.84. The van der Waals surface area contributed by atoms with E-state index in [1.807, 2.05) is 0 Å². The van der Waals surface area contributed by atoms with Crippen molar-refractivity contribution in [3.05, 3.63) is 0 Å². The average molecular weight is 443 g/mol. The zero-order valence-electron chi connectivity index (χ0n) is 19.4. The van der Waals surface area contributed by atoms with Gasteiger partial charge in [0.05, 0.1) is 19.3 Å². The van der Waals surface area contributed by atoms with Gasteiger partial charge in [-0.1, -0.05) is 38.5 Å². The Hall–Kier alpha value is -1.83. The molecule has 180 valence electrons. The van der Waals surface area contributed by atoms with E-state index in [-0.39, 0.29) is 25.0 Å². The lowest BCUT2D eigenvalue weighted by Gasteiger charge is -2.32. The van der Waals surface area contributed by atoms with Crippen LogP contribution in [0, 0.1) is 5.92 Å². The van der Waals surface area contributed by atoms with Crippen LogP contribution in [0.25, 0.3) is 0 Å². The zero-order valence-corrected chi connectivity index (χ0v) is 19.4. The molecule has 1 saturated carbocycles. The summed E-state index contributed by atoms with van der Waals surface area (Å²) in [6.45, 7) is 4.36. The van der Waals surface area contributed by atoms with Crippen LogP contribution in [0.1, 0.15) is 90.9 Å². The Morgan fingerprint density at radius 1 is 0.968 bits per heavy atom. The van der Waals surface area contributed by atoms with Gasteiger partial charge in [-0.15, -0.1) is 0 Å². The molecule has 1 rings (SSSR count). The maximum absolute atomic E-state index is 12.5. The second-order valence-corrected chi connectivity index (χ2v) is 8.31. The summed E-state index contributed by atoms with van der Waals surface area (Å²) in [6.07, 6.45) is 9.33. The van der Waals surface area contributed by atoms with Crippen LogP contribution in [0.4, 0.5) is 4.79 Å². The van der Waals surface area contributed by atoms with Gasteiger partial charge in [0.2, 0.25) is 0 Å². The number of unbranched alkanes of at least 4 members (excludes halogenated alkanes) is 3. The Labute approximate surface area is 186 Å². The lowest BCUT2D eigenvalue weighted by molar-refractivity contribution is -0.149. The van der Waals surface area contributed by atoms with E-state index in [9.17, 15) is 19.5 Å². The molecular formula is C23H42N2O6. The van der Waals surface area contributed by atoms with Crippen LogP contribution < -0.4 is 5.73 Å². The predicted octanol–water partition coefficient (Wildman–Crippen LogP) is 3.53. The number of hydrogen-bond acceptors (Lipinski definition) is 6. The smallest absolute Gasteiger partial charge is 0.328 e. The van der Waals surface area contributed by atoms with Crippen molar-refractivity contribution < 1.29 is 29.0 Å². The predicted molar refractivity (Wildman–Crippen MR) is 118 cm³/mol. The molecule has 31 heavy (non-hydrogen) atoms. The fourth-order valence-electron chi connectivity index (χ4n) is 4.28. The molecule has 3 N–H and O–H groups in total. The summed E-state index contributed by atoms with van der Waals surface area (Å²) < 4.78 is 10.1. The fraction of sp³-hybridized carbons (Fsp3) is 0.870. The molecule has 2 unspecified atom stereocenters. The molecule has 2 amide bonds. The minimum Gasteiger partial charge on any atom is -0.466 e. The highest BCUT2D eigenvalue weighted by atomic mass is 16.5. The molecule has 1 fully saturated rings. The number of aliphatic hydroxyl groups is 1. The number of rotatable bonds is 15. The normalized spacial score (nSPS) is 16.4. The number of amides is 2. The van der Waals surface area contributed by atoms with Crippen LogP contribution in [0.15, 0.2) is 0 Å². The number of nitrogens with zero attached hydrogens (tertiary/aromatic N) is 1. The SMILES string of the molecule is CCOC(=O)CCCCCCC(C(=O)OCC)N(CCC(O)C1CCCCC1)C(N)=O. The van der Waals surface area contributed by atoms with E-state index in [1.165, 1.54) is 11.3 Å². The van der Waals surface area contributed by atoms with Gasteiger partial charge < -0.3 is 25.2 Å². The maximum atomic E-state index is 12.5. The van der Waals surface area contributed by atoms with Crippen molar-refractivity contribution in [2.75, 3.05) is 19.8 Å². The summed E-state index contributed by atoms with van der Waals surface area (Å²) >= 11 is 0. The molecule has 0 saturated heterocycles. The Kier molecular flexibility index (Phi) is 13.9. The molecule has 2 atom stereocenters. The van der Waals surface area contributed by atoms with Crippen LogP contribution in [0.3, 0.4) is 0 Å². The number of aliphatic hydroxyl groups excluding tert-OH is 1. The number of urea groups is 1. The third-order valence-corrected chi connectivity index (χ3v) is 5.99. The van der Waals surface area contributed by atoms with Crippen molar-refractivity contribution in [3.63, 3.8) is 0 Å². The number of carbonyl (C=O) groups is 3. The quantitative estimate of drug-likeness (QED) is 0.296. The first-order valence-corrected chi connectivity index (χ1v) is 12.0. The number of ether oxygens (including phenoxy) is 2. The van der Waals surface area contributed by atoms with Gasteiger partial charge in [0, 0.05) is 13.0 Å². The minimum atomic E-state index is -0.749. The topological polar surface area (TPSA) is 119 Å². The van der Waals surface area contributed by atoms with Gasteiger partial charge in [0.15, 0.2) is 0 Å². The summed E-state index contributed by atoms with van der Waals surface area (Å²) in [4.78, 5) is 37.4. The monoisotopic (exact) mass is 442 g/mol. The summed E-state index contributed by atoms with van der Waals surface area (Å²) in [5, 5.41) is 10.6. The molecule has 0 aromatic carbocycles. The summed E-state index contributed by atoms with van der Waals surface area (Å²) in [5.74, 6) is -0.396. The first-order chi connectivity index (χ1) is 14.9. The van der Waals surface area contributed by atoms with Crippen molar-refractivity contribution in [1.82, 2.24) is 4.90 Å². The number of esters is 2. The molecule has 0 aromatic rings. The Morgan fingerprint density at radius 3 is 2.23 bits per heavy atom. The van der Waals surface area contributed by atoms with Gasteiger partial charge in [-0.25, -0.2) is 9.59 Å². The van der Waals surface area contributed by atoms with Crippen molar-refractivity contribution in [1.29, 1.82) is 0 Å². The van der Waals surface area contributed by atoms with E-state index >= 15 is 0 Å². The zero-order chi connectivity index (χ0) is 23.1. The van der Waals surface area contributed by atoms with Gasteiger partial charge in [-0.05, 0) is 51.9 Å². The van der Waals surface area contributed by atoms with Crippen LogP contribution in [-0.4, -0.2) is 59.9 Å². The van der Waals surface area contributed by atoms with Crippen molar-refractivity contribution in [3.8, 4) is 0 Å². The Balaban J connectivity index is 2.55. The molecule has 8 heteroatoms. The standard InChI is InChI=1S/C23H42N2O6/c1-3-30-21(27)15-11-6-5-10-14-19(22(28)31-4-2)25(23(24)29)17-16-20(26)18-12-8-7-9-13-18/h18-20,26H,3-17H2,1-2H3,(H2,24,29). The highest BCUT2D eigenvalue weighted by molar-refractivity contribution is 5.82. The van der Waals surface area contributed by atoms with Crippen LogP contribution in [0.2, 0.25) is 0 Å². The molecule has 0 aliphatic heterocycles. The Morgan fingerprint density at radius 2 is 1.61 bits per heavy atom. The first-order valence-electron chi connectivity index (χ1n) is 12.0. The van der Waals surface area contributed by atoms with E-state index < -0.39 is 24.1 Å². The first kappa shape index (κ1) is 27.2. The lowest BCUT2D eigenvalue weighted by Crippen LogP contribution is -2.49. The van der Waals surface area contributed by atoms with Gasteiger partial charge in [0.1, 0.15) is 6.04 Å². The molecule has 8 nitrogen and oxygen atoms in total. The molecule has 1 aliphatic rings. The van der Waals surface area contributed by atoms with Gasteiger partial charge in [-0.2, -0.15) is 0 Å². The maximum Gasteiger partial charge on any atom is 0.328 e. The van der Waals surface area contributed by atoms with E-state index in [1.54, 1.807) is 13.8 Å². The summed E-state index contributed by atoms with van der Waals surface area (Å²) in [7, 11) is 0. The number of carbonyl (C=O) groups excluding carboxylic acids is 3. The van der Waals surface area contributed by atoms with E-state index in [4.69, 9.17) is 15.2 Å². The van der Waals surface area contributed by atoms with Gasteiger partial charge in [-0.3, -0.25) is 4.79 Å². The second-order valence-electron chi connectivity index (χ2n) is 8.31. The van der Waals surface area contributed by atoms with E-state index in [0.717, 1.165) is 44.9 Å². The number of hydrogen-bond donors (Lipinski definition) is 2. The van der Waals surface area contributed by atoms with Crippen LogP contribution in [0.5, 0.6) is 0 Å². The van der Waals surface area contributed by atoms with E-state index in [2.05, 4.69) is 0 Å². The van der Waals surface area contributed by atoms with Gasteiger partial charge >= 0.3 is 18.0 Å². The third kappa shape index (κ3) is 10.8. The molecule has 1 aliphatic carbocycles. The fourth-order valence-corrected chi connectivity index (χ4v) is 4.28. The third-order valence-electron chi connectivity index (χ3n) is 5.99. The molecule has 0 bridgehead atoms. The molecule has 0 spiro atoms. The molecule has 0 radical (unpaired) electrons. The second kappa shape index (κ2) is 15.9. The minimum absolute atomic E-state index is 0.191. The van der Waals surface area contributed by atoms with Crippen molar-refractivity contribution in [2.24, 2.45) is 11.7 Å². The van der Waals surface area contributed by atoms with Gasteiger partial charge in [0.25, 0.3) is 0 Å².